The highest BCUT2D eigenvalue weighted by atomic mass is 15.3. The molecule has 23 heavy (non-hydrogen) atoms. The average Bonchev–Trinajstić information content (AvgIpc) is 3.31. The fourth-order valence-electron chi connectivity index (χ4n) is 2.72. The maximum absolute atomic E-state index is 4.52. The van der Waals surface area contributed by atoms with Gasteiger partial charge in [-0.05, 0) is 25.8 Å². The summed E-state index contributed by atoms with van der Waals surface area (Å²) in [6.07, 6.45) is 13.9. The van der Waals surface area contributed by atoms with Crippen LogP contribution in [0.25, 0.3) is 11.5 Å². The summed E-state index contributed by atoms with van der Waals surface area (Å²) in [6, 6.07) is 2.30. The predicted octanol–water partition coefficient (Wildman–Crippen LogP) is 3.46. The number of aryl methyl sites for hydroxylation is 2. The predicted molar refractivity (Wildman–Crippen MR) is 90.0 cm³/mol. The van der Waals surface area contributed by atoms with Crippen molar-refractivity contribution in [1.82, 2.24) is 29.3 Å². The van der Waals surface area contributed by atoms with E-state index in [4.69, 9.17) is 0 Å². The molecule has 1 N–H and O–H groups in total. The first kappa shape index (κ1) is 15.5. The van der Waals surface area contributed by atoms with E-state index in [2.05, 4.69) is 38.5 Å². The summed E-state index contributed by atoms with van der Waals surface area (Å²) in [5.74, 6) is 1.99. The summed E-state index contributed by atoms with van der Waals surface area (Å²) in [4.78, 5) is 12.4. The molecule has 6 heteroatoms. The van der Waals surface area contributed by atoms with Gasteiger partial charge in [-0.25, -0.2) is 9.97 Å². The number of H-pyrrole nitrogens is 1. The van der Waals surface area contributed by atoms with Crippen molar-refractivity contribution in [1.29, 1.82) is 0 Å². The minimum atomic E-state index is 0.346. The highest BCUT2D eigenvalue weighted by Crippen LogP contribution is 2.22. The first-order valence-corrected chi connectivity index (χ1v) is 8.32. The molecule has 3 aromatic heterocycles. The highest BCUT2D eigenvalue weighted by Gasteiger charge is 2.14. The van der Waals surface area contributed by atoms with Crippen LogP contribution in [0.3, 0.4) is 0 Å². The van der Waals surface area contributed by atoms with Gasteiger partial charge in [0, 0.05) is 43.8 Å². The van der Waals surface area contributed by atoms with Crippen molar-refractivity contribution in [2.45, 2.75) is 52.1 Å². The molecule has 0 aliphatic rings. The summed E-state index contributed by atoms with van der Waals surface area (Å²) in [7, 11) is 0. The molecular weight excluding hydrogens is 288 g/mol. The maximum Gasteiger partial charge on any atom is 0.158 e. The Hall–Kier alpha value is -2.37. The van der Waals surface area contributed by atoms with Gasteiger partial charge in [0.1, 0.15) is 11.5 Å². The number of unbranched alkanes of at least 4 members (excludes halogenated alkanes) is 1. The summed E-state index contributed by atoms with van der Waals surface area (Å²) in [5.41, 5.74) is 0.993. The van der Waals surface area contributed by atoms with Gasteiger partial charge in [-0.15, -0.1) is 0 Å². The van der Waals surface area contributed by atoms with Crippen molar-refractivity contribution in [2.24, 2.45) is 0 Å². The second-order valence-corrected chi connectivity index (χ2v) is 5.91. The van der Waals surface area contributed by atoms with Crippen LogP contribution >= 0.6 is 0 Å². The molecule has 3 aromatic rings. The lowest BCUT2D eigenvalue weighted by atomic mass is 10.2. The van der Waals surface area contributed by atoms with Gasteiger partial charge in [0.05, 0.1) is 6.20 Å². The van der Waals surface area contributed by atoms with E-state index in [0.717, 1.165) is 43.1 Å². The number of hydrogen-bond acceptors (Lipinski definition) is 3. The monoisotopic (exact) mass is 312 g/mol. The SMILES string of the molecule is CCCCc1ncc(-c2nccn2[C@H](C)CCn2cccn2)[nH]1. The minimum absolute atomic E-state index is 0.346. The molecule has 122 valence electrons. The van der Waals surface area contributed by atoms with E-state index in [1.165, 1.54) is 6.42 Å². The summed E-state index contributed by atoms with van der Waals surface area (Å²) >= 11 is 0. The van der Waals surface area contributed by atoms with Gasteiger partial charge < -0.3 is 9.55 Å². The number of hydrogen-bond donors (Lipinski definition) is 1. The molecule has 0 aliphatic carbocycles. The lowest BCUT2D eigenvalue weighted by Gasteiger charge is -2.15. The Kier molecular flexibility index (Phi) is 4.90. The van der Waals surface area contributed by atoms with Crippen LogP contribution in [0.4, 0.5) is 0 Å². The van der Waals surface area contributed by atoms with Gasteiger partial charge in [-0.2, -0.15) is 5.10 Å². The molecule has 0 bridgehead atoms. The summed E-state index contributed by atoms with van der Waals surface area (Å²) in [5, 5.41) is 4.26. The zero-order chi connectivity index (χ0) is 16.1. The zero-order valence-corrected chi connectivity index (χ0v) is 13.8. The Morgan fingerprint density at radius 2 is 2.13 bits per heavy atom. The van der Waals surface area contributed by atoms with Crippen molar-refractivity contribution in [3.63, 3.8) is 0 Å². The smallest absolute Gasteiger partial charge is 0.158 e. The third-order valence-electron chi connectivity index (χ3n) is 4.12. The van der Waals surface area contributed by atoms with Gasteiger partial charge in [0.25, 0.3) is 0 Å². The number of imidazole rings is 2. The molecule has 0 radical (unpaired) electrons. The van der Waals surface area contributed by atoms with E-state index in [1.807, 2.05) is 41.7 Å². The number of rotatable bonds is 8. The van der Waals surface area contributed by atoms with E-state index in [1.54, 1.807) is 0 Å². The van der Waals surface area contributed by atoms with Gasteiger partial charge in [0.15, 0.2) is 5.82 Å². The number of aromatic nitrogens is 6. The molecule has 0 fully saturated rings. The zero-order valence-electron chi connectivity index (χ0n) is 13.8. The lowest BCUT2D eigenvalue weighted by molar-refractivity contribution is 0.449. The Labute approximate surface area is 136 Å². The van der Waals surface area contributed by atoms with Crippen LogP contribution in [0.1, 0.15) is 45.0 Å². The van der Waals surface area contributed by atoms with Gasteiger partial charge in [-0.1, -0.05) is 13.3 Å². The van der Waals surface area contributed by atoms with E-state index in [9.17, 15) is 0 Å². The molecule has 0 saturated heterocycles. The fraction of sp³-hybridized carbons (Fsp3) is 0.471. The molecule has 0 spiro atoms. The van der Waals surface area contributed by atoms with E-state index >= 15 is 0 Å². The lowest BCUT2D eigenvalue weighted by Crippen LogP contribution is -2.10. The third-order valence-corrected chi connectivity index (χ3v) is 4.12. The molecular formula is C17H24N6. The quantitative estimate of drug-likeness (QED) is 0.692. The molecule has 3 heterocycles. The van der Waals surface area contributed by atoms with Gasteiger partial charge in [0.2, 0.25) is 0 Å². The number of nitrogens with one attached hydrogen (secondary N) is 1. The summed E-state index contributed by atoms with van der Waals surface area (Å²) < 4.78 is 4.17. The van der Waals surface area contributed by atoms with Crippen LogP contribution in [-0.4, -0.2) is 29.3 Å². The van der Waals surface area contributed by atoms with Gasteiger partial charge >= 0.3 is 0 Å². The highest BCUT2D eigenvalue weighted by molar-refractivity contribution is 5.49. The molecule has 3 rings (SSSR count). The topological polar surface area (TPSA) is 64.3 Å². The first-order valence-electron chi connectivity index (χ1n) is 8.32. The van der Waals surface area contributed by atoms with Crippen molar-refractivity contribution in [2.75, 3.05) is 0 Å². The average molecular weight is 312 g/mol. The van der Waals surface area contributed by atoms with Crippen molar-refractivity contribution >= 4 is 0 Å². The van der Waals surface area contributed by atoms with Crippen LogP contribution in [0, 0.1) is 0 Å². The van der Waals surface area contributed by atoms with Crippen molar-refractivity contribution < 1.29 is 0 Å². The Morgan fingerprint density at radius 3 is 2.91 bits per heavy atom. The maximum atomic E-state index is 4.52. The van der Waals surface area contributed by atoms with Crippen molar-refractivity contribution in [3.05, 3.63) is 42.9 Å². The van der Waals surface area contributed by atoms with Crippen LogP contribution in [0.15, 0.2) is 37.1 Å². The van der Waals surface area contributed by atoms with E-state index in [0.29, 0.717) is 6.04 Å². The van der Waals surface area contributed by atoms with Crippen LogP contribution in [0.5, 0.6) is 0 Å². The van der Waals surface area contributed by atoms with E-state index < -0.39 is 0 Å². The Balaban J connectivity index is 1.69. The summed E-state index contributed by atoms with van der Waals surface area (Å²) in [6.45, 7) is 5.30. The molecule has 0 unspecified atom stereocenters. The molecule has 0 saturated carbocycles. The fourth-order valence-corrected chi connectivity index (χ4v) is 2.72. The minimum Gasteiger partial charge on any atom is -0.339 e. The Morgan fingerprint density at radius 1 is 1.22 bits per heavy atom. The molecule has 0 aromatic carbocycles. The second-order valence-electron chi connectivity index (χ2n) is 5.91. The normalized spacial score (nSPS) is 12.6. The van der Waals surface area contributed by atoms with Crippen LogP contribution in [0.2, 0.25) is 0 Å². The molecule has 1 atom stereocenters. The second kappa shape index (κ2) is 7.26. The molecule has 0 amide bonds. The first-order chi connectivity index (χ1) is 11.3. The molecule has 6 nitrogen and oxygen atoms in total. The number of aromatic amines is 1. The number of nitrogens with zero attached hydrogens (tertiary/aromatic N) is 5. The Bertz CT molecular complexity index is 709. The van der Waals surface area contributed by atoms with Crippen LogP contribution in [-0.2, 0) is 13.0 Å². The van der Waals surface area contributed by atoms with Gasteiger partial charge in [-0.3, -0.25) is 4.68 Å². The molecule has 0 aliphatic heterocycles. The third kappa shape index (κ3) is 3.70. The standard InChI is InChI=1S/C17H24N6/c1-3-4-6-16-19-13-15(21-16)17-18-9-12-23(17)14(2)7-11-22-10-5-8-20-22/h5,8-10,12-14H,3-4,6-7,11H2,1-2H3,(H,19,21)/t14-/m1/s1. The largest absolute Gasteiger partial charge is 0.339 e. The van der Waals surface area contributed by atoms with Crippen molar-refractivity contribution in [3.8, 4) is 11.5 Å². The van der Waals surface area contributed by atoms with E-state index in [-0.39, 0.29) is 0 Å². The van der Waals surface area contributed by atoms with Crippen LogP contribution < -0.4 is 0 Å².